The Morgan fingerprint density at radius 2 is 1.83 bits per heavy atom. The van der Waals surface area contributed by atoms with E-state index in [-0.39, 0.29) is 29.8 Å². The van der Waals surface area contributed by atoms with Crippen molar-refractivity contribution in [2.45, 2.75) is 13.5 Å². The van der Waals surface area contributed by atoms with Crippen LogP contribution >= 0.6 is 27.7 Å². The number of rotatable bonds is 8. The molecular weight excluding hydrogens is 555 g/mol. The highest BCUT2D eigenvalue weighted by molar-refractivity contribution is 9.10. The number of nitrogens with zero attached hydrogens (tertiary/aromatic N) is 2. The Morgan fingerprint density at radius 3 is 2.53 bits per heavy atom. The summed E-state index contributed by atoms with van der Waals surface area (Å²) in [5, 5.41) is -0.492. The van der Waals surface area contributed by atoms with E-state index in [1.54, 1.807) is 35.2 Å². The first-order valence-corrected chi connectivity index (χ1v) is 12.9. The number of imide groups is 1. The van der Waals surface area contributed by atoms with Crippen LogP contribution in [0.4, 0.5) is 9.18 Å². The number of thioether (sulfide) groups is 1. The van der Waals surface area contributed by atoms with Crippen LogP contribution in [0.25, 0.3) is 6.08 Å². The lowest BCUT2D eigenvalue weighted by molar-refractivity contribution is -0.139. The monoisotopic (exact) mass is 578 g/mol. The van der Waals surface area contributed by atoms with Crippen molar-refractivity contribution in [3.63, 3.8) is 0 Å². The van der Waals surface area contributed by atoms with Gasteiger partial charge < -0.3 is 19.1 Å². The number of halogens is 2. The van der Waals surface area contributed by atoms with Crippen molar-refractivity contribution in [3.05, 3.63) is 62.7 Å². The van der Waals surface area contributed by atoms with Gasteiger partial charge >= 0.3 is 0 Å². The summed E-state index contributed by atoms with van der Waals surface area (Å²) in [5.41, 5.74) is 1.40. The Labute approximate surface area is 220 Å². The lowest BCUT2D eigenvalue weighted by Gasteiger charge is -2.28. The molecule has 0 saturated carbocycles. The van der Waals surface area contributed by atoms with Crippen LogP contribution in [0.1, 0.15) is 18.1 Å². The van der Waals surface area contributed by atoms with E-state index in [9.17, 15) is 18.8 Å². The van der Waals surface area contributed by atoms with Crippen LogP contribution in [-0.2, 0) is 20.9 Å². The predicted octanol–water partition coefficient (Wildman–Crippen LogP) is 4.46. The van der Waals surface area contributed by atoms with Crippen LogP contribution in [-0.4, -0.2) is 66.3 Å². The van der Waals surface area contributed by atoms with Crippen molar-refractivity contribution in [2.75, 3.05) is 39.5 Å². The molecule has 2 saturated heterocycles. The molecule has 2 aliphatic heterocycles. The van der Waals surface area contributed by atoms with E-state index in [4.69, 9.17) is 14.2 Å². The van der Waals surface area contributed by atoms with E-state index < -0.39 is 11.1 Å². The highest BCUT2D eigenvalue weighted by atomic mass is 79.9. The number of ether oxygens (including phenoxy) is 3. The maximum Gasteiger partial charge on any atom is 0.294 e. The van der Waals surface area contributed by atoms with E-state index in [2.05, 4.69) is 15.9 Å². The molecule has 2 aliphatic rings. The average molecular weight is 579 g/mol. The molecule has 2 fully saturated rings. The fourth-order valence-electron chi connectivity index (χ4n) is 3.61. The molecule has 0 unspecified atom stereocenters. The van der Waals surface area contributed by atoms with Crippen LogP contribution < -0.4 is 9.47 Å². The molecule has 2 aromatic rings. The highest BCUT2D eigenvalue weighted by Gasteiger charge is 2.37. The maximum atomic E-state index is 13.2. The molecular formula is C25H24BrFN2O6S. The van der Waals surface area contributed by atoms with E-state index in [1.807, 2.05) is 6.92 Å². The minimum atomic E-state index is -0.520. The zero-order valence-electron chi connectivity index (χ0n) is 19.5. The standard InChI is InChI=1S/C25H24BrFN2O6S/c1-2-34-20-11-17(19(26)13-21(20)35-15-16-3-5-18(27)6-4-16)12-22-24(31)29(25(32)36-22)14-23(30)28-7-9-33-10-8-28/h3-6,11-13H,2,7-10,14-15H2,1H3/b22-12+. The summed E-state index contributed by atoms with van der Waals surface area (Å²) in [4.78, 5) is 40.7. The minimum Gasteiger partial charge on any atom is -0.490 e. The first-order valence-electron chi connectivity index (χ1n) is 11.3. The summed E-state index contributed by atoms with van der Waals surface area (Å²) >= 11 is 4.28. The van der Waals surface area contributed by atoms with Gasteiger partial charge in [0.1, 0.15) is 19.0 Å². The third-order valence-corrected chi connectivity index (χ3v) is 7.08. The maximum absolute atomic E-state index is 13.2. The molecule has 0 radical (unpaired) electrons. The van der Waals surface area contributed by atoms with Gasteiger partial charge in [0.2, 0.25) is 5.91 Å². The van der Waals surface area contributed by atoms with Crippen molar-refractivity contribution < 1.29 is 33.0 Å². The zero-order chi connectivity index (χ0) is 25.7. The SMILES string of the molecule is CCOc1cc(/C=C2/SC(=O)N(CC(=O)N3CCOCC3)C2=O)c(Br)cc1OCc1ccc(F)cc1. The van der Waals surface area contributed by atoms with Gasteiger partial charge in [0.15, 0.2) is 11.5 Å². The van der Waals surface area contributed by atoms with Crippen LogP contribution in [0.5, 0.6) is 11.5 Å². The van der Waals surface area contributed by atoms with Gasteiger partial charge in [0.05, 0.1) is 24.7 Å². The average Bonchev–Trinajstić information content (AvgIpc) is 3.13. The van der Waals surface area contributed by atoms with Crippen LogP contribution in [0.3, 0.4) is 0 Å². The molecule has 4 rings (SSSR count). The molecule has 3 amide bonds. The van der Waals surface area contributed by atoms with Gasteiger partial charge in [-0.05, 0) is 60.2 Å². The second-order valence-electron chi connectivity index (χ2n) is 7.93. The van der Waals surface area contributed by atoms with E-state index in [1.165, 1.54) is 12.1 Å². The molecule has 11 heteroatoms. The Hall–Kier alpha value is -2.89. The van der Waals surface area contributed by atoms with E-state index >= 15 is 0 Å². The Morgan fingerprint density at radius 1 is 1.14 bits per heavy atom. The second-order valence-corrected chi connectivity index (χ2v) is 9.78. The number of benzene rings is 2. The molecule has 0 aliphatic carbocycles. The van der Waals surface area contributed by atoms with Crippen LogP contribution in [0.2, 0.25) is 0 Å². The second kappa shape index (κ2) is 11.9. The molecule has 0 spiro atoms. The molecule has 0 bridgehead atoms. The number of hydrogen-bond acceptors (Lipinski definition) is 7. The van der Waals surface area contributed by atoms with Crippen molar-refractivity contribution in [2.24, 2.45) is 0 Å². The molecule has 0 atom stereocenters. The number of hydrogen-bond donors (Lipinski definition) is 0. The fraction of sp³-hybridized carbons (Fsp3) is 0.320. The normalized spacial score (nSPS) is 17.1. The Balaban J connectivity index is 1.50. The number of carbonyl (C=O) groups excluding carboxylic acids is 3. The summed E-state index contributed by atoms with van der Waals surface area (Å²) in [6.45, 7) is 3.88. The lowest BCUT2D eigenvalue weighted by atomic mass is 10.1. The Kier molecular flexibility index (Phi) is 8.65. The van der Waals surface area contributed by atoms with Gasteiger partial charge in [-0.15, -0.1) is 0 Å². The van der Waals surface area contributed by atoms with Crippen LogP contribution in [0.15, 0.2) is 45.8 Å². The van der Waals surface area contributed by atoms with Crippen molar-refractivity contribution >= 4 is 50.8 Å². The van der Waals surface area contributed by atoms with E-state index in [0.29, 0.717) is 54.4 Å². The molecule has 0 N–H and O–H groups in total. The molecule has 8 nitrogen and oxygen atoms in total. The summed E-state index contributed by atoms with van der Waals surface area (Å²) in [6.07, 6.45) is 1.58. The molecule has 190 valence electrons. The van der Waals surface area contributed by atoms with Crippen molar-refractivity contribution in [1.29, 1.82) is 0 Å². The molecule has 2 aromatic carbocycles. The summed E-state index contributed by atoms with van der Waals surface area (Å²) in [6, 6.07) is 9.43. The van der Waals surface area contributed by atoms with Gasteiger partial charge in [0, 0.05) is 17.6 Å². The summed E-state index contributed by atoms with van der Waals surface area (Å²) in [5.74, 6) is -0.210. The third-order valence-electron chi connectivity index (χ3n) is 5.49. The van der Waals surface area contributed by atoms with Gasteiger partial charge in [-0.25, -0.2) is 4.39 Å². The lowest BCUT2D eigenvalue weighted by Crippen LogP contribution is -2.46. The van der Waals surface area contributed by atoms with Crippen molar-refractivity contribution in [1.82, 2.24) is 9.80 Å². The number of morpholine rings is 1. The molecule has 0 aromatic heterocycles. The van der Waals surface area contributed by atoms with Gasteiger partial charge in [-0.2, -0.15) is 0 Å². The summed E-state index contributed by atoms with van der Waals surface area (Å²) < 4.78 is 30.6. The number of carbonyl (C=O) groups is 3. The molecule has 36 heavy (non-hydrogen) atoms. The topological polar surface area (TPSA) is 85.4 Å². The molecule has 2 heterocycles. The first-order chi connectivity index (χ1) is 17.4. The quantitative estimate of drug-likeness (QED) is 0.427. The third kappa shape index (κ3) is 6.26. The first kappa shape index (κ1) is 26.2. The highest BCUT2D eigenvalue weighted by Crippen LogP contribution is 2.38. The number of amides is 3. The van der Waals surface area contributed by atoms with Crippen LogP contribution in [0, 0.1) is 5.82 Å². The fourth-order valence-corrected chi connectivity index (χ4v) is 4.88. The Bertz CT molecular complexity index is 1180. The zero-order valence-corrected chi connectivity index (χ0v) is 21.9. The predicted molar refractivity (Wildman–Crippen MR) is 136 cm³/mol. The largest absolute Gasteiger partial charge is 0.490 e. The smallest absolute Gasteiger partial charge is 0.294 e. The summed E-state index contributed by atoms with van der Waals surface area (Å²) in [7, 11) is 0. The van der Waals surface area contributed by atoms with Gasteiger partial charge in [-0.1, -0.05) is 28.1 Å². The van der Waals surface area contributed by atoms with Crippen molar-refractivity contribution in [3.8, 4) is 11.5 Å². The van der Waals surface area contributed by atoms with Gasteiger partial charge in [-0.3, -0.25) is 19.3 Å². The van der Waals surface area contributed by atoms with Gasteiger partial charge in [0.25, 0.3) is 11.1 Å². The minimum absolute atomic E-state index is 0.206. The van der Waals surface area contributed by atoms with E-state index in [0.717, 1.165) is 22.2 Å².